The molecule has 3 unspecified atom stereocenters. The molecule has 50 heavy (non-hydrogen) atoms. The number of anilines is 1. The standard InChI is InChI=1S/C37H45F2N5O6/c1-35(2,46)18-43-13-7-12-37(11-6-10-26(37)43)21-50-34-41-31-28(32(42-34)44-14-15-49-20-36(3,47)19-44)33(48-4)40-30(29(31)39)24-17-23(45)16-22-8-5-9-25(38)27(22)24/h5,8-9,16-17,26,45-47H,6-7,10-15,18-21H2,1-4H3. The average molecular weight is 694 g/mol. The van der Waals surface area contributed by atoms with Gasteiger partial charge >= 0.3 is 6.01 Å². The number of methoxy groups -OCH3 is 1. The zero-order valence-corrected chi connectivity index (χ0v) is 29.0. The molecule has 3 N–H and O–H groups in total. The predicted molar refractivity (Wildman–Crippen MR) is 185 cm³/mol. The van der Waals surface area contributed by atoms with E-state index in [-0.39, 0.29) is 82.2 Å². The van der Waals surface area contributed by atoms with E-state index in [1.807, 2.05) is 13.8 Å². The molecule has 2 aromatic heterocycles. The number of likely N-dealkylation sites (tertiary alicyclic amines) is 1. The fraction of sp³-hybridized carbons (Fsp3) is 0.541. The predicted octanol–water partition coefficient (Wildman–Crippen LogP) is 5.21. The average Bonchev–Trinajstić information content (AvgIpc) is 3.41. The second-order valence-corrected chi connectivity index (χ2v) is 15.1. The third-order valence-electron chi connectivity index (χ3n) is 10.3. The lowest BCUT2D eigenvalue weighted by molar-refractivity contribution is -0.0431. The molecule has 3 aliphatic rings. The van der Waals surface area contributed by atoms with Gasteiger partial charge in [0.2, 0.25) is 5.88 Å². The van der Waals surface area contributed by atoms with Crippen molar-refractivity contribution in [3.63, 3.8) is 0 Å². The van der Waals surface area contributed by atoms with Crippen LogP contribution in [0.4, 0.5) is 14.6 Å². The molecule has 11 nitrogen and oxygen atoms in total. The van der Waals surface area contributed by atoms with Crippen LogP contribution < -0.4 is 14.4 Å². The molecule has 268 valence electrons. The molecule has 3 atom stereocenters. The molecule has 0 bridgehead atoms. The first kappa shape index (κ1) is 34.5. The van der Waals surface area contributed by atoms with Crippen molar-refractivity contribution in [2.45, 2.75) is 70.1 Å². The van der Waals surface area contributed by atoms with Crippen molar-refractivity contribution in [1.29, 1.82) is 0 Å². The lowest BCUT2D eigenvalue weighted by Gasteiger charge is -2.47. The first-order chi connectivity index (χ1) is 23.8. The molecule has 2 aromatic carbocycles. The maximum atomic E-state index is 17.0. The van der Waals surface area contributed by atoms with Crippen molar-refractivity contribution >= 4 is 27.5 Å². The van der Waals surface area contributed by atoms with Gasteiger partial charge in [-0.15, -0.1) is 0 Å². The SMILES string of the molecule is COc1nc(-c2cc(O)cc3cccc(F)c23)c(F)c2nc(OCC34CCCC3N(CC(C)(C)O)CCC4)nc(N3CCOCC(C)(O)C3)c12. The number of benzene rings is 2. The monoisotopic (exact) mass is 693 g/mol. The molecular weight excluding hydrogens is 648 g/mol. The highest BCUT2D eigenvalue weighted by molar-refractivity contribution is 6.02. The number of phenolic OH excluding ortho intramolecular Hbond substituents is 1. The number of phenols is 1. The summed E-state index contributed by atoms with van der Waals surface area (Å²) in [6.45, 7) is 7.88. The summed E-state index contributed by atoms with van der Waals surface area (Å²) in [5.74, 6) is -1.42. The number of aromatic nitrogens is 3. The summed E-state index contributed by atoms with van der Waals surface area (Å²) in [5.41, 5.74) is -2.66. The molecule has 13 heteroatoms. The van der Waals surface area contributed by atoms with E-state index in [0.717, 1.165) is 38.6 Å². The number of aromatic hydroxyl groups is 1. The van der Waals surface area contributed by atoms with Crippen molar-refractivity contribution < 1.29 is 38.3 Å². The number of piperidine rings is 1. The topological polar surface area (TPSA) is 134 Å². The van der Waals surface area contributed by atoms with Gasteiger partial charge in [-0.3, -0.25) is 4.90 Å². The van der Waals surface area contributed by atoms with Gasteiger partial charge in [0.25, 0.3) is 0 Å². The van der Waals surface area contributed by atoms with Gasteiger partial charge in [-0.25, -0.2) is 13.8 Å². The Morgan fingerprint density at radius 1 is 1.08 bits per heavy atom. The Morgan fingerprint density at radius 3 is 2.66 bits per heavy atom. The third kappa shape index (κ3) is 6.52. The van der Waals surface area contributed by atoms with Crippen LogP contribution in [0.15, 0.2) is 30.3 Å². The zero-order chi connectivity index (χ0) is 35.4. The summed E-state index contributed by atoms with van der Waals surface area (Å²) >= 11 is 0. The smallest absolute Gasteiger partial charge is 0.319 e. The number of hydrogen-bond donors (Lipinski definition) is 3. The number of β-amino-alcohol motifs (C(OH)–C–C–N with tert-alkyl or cyclic N) is 2. The largest absolute Gasteiger partial charge is 0.508 e. The lowest BCUT2D eigenvalue weighted by atomic mass is 9.75. The molecule has 4 heterocycles. The Hall–Kier alpha value is -3.91. The Balaban J connectivity index is 1.37. The fourth-order valence-electron chi connectivity index (χ4n) is 8.37. The number of aliphatic hydroxyl groups is 2. The molecule has 0 spiro atoms. The van der Waals surface area contributed by atoms with Crippen LogP contribution in [0, 0.1) is 17.0 Å². The van der Waals surface area contributed by atoms with Gasteiger partial charge in [-0.05, 0) is 76.6 Å². The summed E-state index contributed by atoms with van der Waals surface area (Å²) in [5, 5.41) is 32.9. The zero-order valence-electron chi connectivity index (χ0n) is 29.0. The van der Waals surface area contributed by atoms with Crippen LogP contribution in [0.1, 0.15) is 52.9 Å². The molecule has 0 amide bonds. The first-order valence-corrected chi connectivity index (χ1v) is 17.3. The van der Waals surface area contributed by atoms with Crippen LogP contribution in [0.3, 0.4) is 0 Å². The van der Waals surface area contributed by atoms with Crippen molar-refractivity contribution in [2.24, 2.45) is 5.41 Å². The van der Waals surface area contributed by atoms with Gasteiger partial charge in [0.1, 0.15) is 39.6 Å². The molecule has 1 saturated carbocycles. The van der Waals surface area contributed by atoms with Gasteiger partial charge in [0, 0.05) is 35.5 Å². The summed E-state index contributed by atoms with van der Waals surface area (Å²) in [6, 6.07) is 7.24. The van der Waals surface area contributed by atoms with Crippen molar-refractivity contribution in [3.05, 3.63) is 42.0 Å². The first-order valence-electron chi connectivity index (χ1n) is 17.3. The summed E-state index contributed by atoms with van der Waals surface area (Å²) < 4.78 is 50.2. The number of ether oxygens (including phenoxy) is 3. The molecule has 2 saturated heterocycles. The van der Waals surface area contributed by atoms with Gasteiger partial charge in [0.05, 0.1) is 39.1 Å². The van der Waals surface area contributed by atoms with Crippen LogP contribution in [-0.4, -0.2) is 106 Å². The van der Waals surface area contributed by atoms with Gasteiger partial charge in [-0.1, -0.05) is 18.6 Å². The van der Waals surface area contributed by atoms with Crippen molar-refractivity contribution in [3.8, 4) is 28.9 Å². The van der Waals surface area contributed by atoms with Crippen LogP contribution in [-0.2, 0) is 4.74 Å². The number of rotatable bonds is 8. The van der Waals surface area contributed by atoms with E-state index >= 15 is 8.78 Å². The van der Waals surface area contributed by atoms with E-state index in [9.17, 15) is 15.3 Å². The summed E-state index contributed by atoms with van der Waals surface area (Å²) in [7, 11) is 1.39. The molecule has 3 fully saturated rings. The number of pyridine rings is 1. The number of fused-ring (bicyclic) bond motifs is 3. The number of hydrogen-bond acceptors (Lipinski definition) is 11. The van der Waals surface area contributed by atoms with Crippen molar-refractivity contribution in [1.82, 2.24) is 19.9 Å². The van der Waals surface area contributed by atoms with Gasteiger partial charge < -0.3 is 34.4 Å². The Morgan fingerprint density at radius 2 is 1.88 bits per heavy atom. The fourth-order valence-corrected chi connectivity index (χ4v) is 8.37. The molecule has 1 aliphatic carbocycles. The number of nitrogens with zero attached hydrogens (tertiary/aromatic N) is 5. The van der Waals surface area contributed by atoms with E-state index in [2.05, 4.69) is 14.9 Å². The Bertz CT molecular complexity index is 1920. The molecule has 7 rings (SSSR count). The van der Waals surface area contributed by atoms with Crippen LogP contribution in [0.2, 0.25) is 0 Å². The summed E-state index contributed by atoms with van der Waals surface area (Å²) in [4.78, 5) is 18.1. The maximum Gasteiger partial charge on any atom is 0.319 e. The van der Waals surface area contributed by atoms with Crippen LogP contribution >= 0.6 is 0 Å². The normalized spacial score (nSPS) is 24.8. The molecule has 0 radical (unpaired) electrons. The highest BCUT2D eigenvalue weighted by Crippen LogP contribution is 2.49. The minimum atomic E-state index is -1.24. The highest BCUT2D eigenvalue weighted by atomic mass is 19.1. The second kappa shape index (κ2) is 13.0. The van der Waals surface area contributed by atoms with E-state index in [1.165, 1.54) is 31.4 Å². The summed E-state index contributed by atoms with van der Waals surface area (Å²) in [6.07, 6.45) is 4.86. The Labute approximate surface area is 289 Å². The minimum Gasteiger partial charge on any atom is -0.508 e. The van der Waals surface area contributed by atoms with E-state index in [1.54, 1.807) is 17.9 Å². The second-order valence-electron chi connectivity index (χ2n) is 15.1. The number of halogens is 2. The molecule has 4 aromatic rings. The van der Waals surface area contributed by atoms with E-state index in [4.69, 9.17) is 19.2 Å². The quantitative estimate of drug-likeness (QED) is 0.225. The molecular formula is C37H45F2N5O6. The van der Waals surface area contributed by atoms with E-state index in [0.29, 0.717) is 25.1 Å². The maximum absolute atomic E-state index is 17.0. The van der Waals surface area contributed by atoms with E-state index < -0.39 is 22.8 Å². The third-order valence-corrected chi connectivity index (χ3v) is 10.3. The lowest BCUT2D eigenvalue weighted by Crippen LogP contribution is -2.55. The van der Waals surface area contributed by atoms with Gasteiger partial charge in [-0.2, -0.15) is 9.97 Å². The highest BCUT2D eigenvalue weighted by Gasteiger charge is 2.49. The van der Waals surface area contributed by atoms with Crippen LogP contribution in [0.5, 0.6) is 17.6 Å². The van der Waals surface area contributed by atoms with Crippen molar-refractivity contribution in [2.75, 3.05) is 58.0 Å². The minimum absolute atomic E-state index is 0.0143. The molecule has 2 aliphatic heterocycles. The van der Waals surface area contributed by atoms with Gasteiger partial charge in [0.15, 0.2) is 5.82 Å². The Kier molecular flexibility index (Phi) is 8.98. The van der Waals surface area contributed by atoms with Crippen LogP contribution in [0.25, 0.3) is 32.9 Å².